The highest BCUT2D eigenvalue weighted by Gasteiger charge is 2.11. The molecule has 3 rings (SSSR count). The number of hydrogen-bond acceptors (Lipinski definition) is 2. The number of nitrogens with one attached hydrogen (secondary N) is 2. The van der Waals surface area contributed by atoms with E-state index in [1.807, 2.05) is 13.1 Å². The van der Waals surface area contributed by atoms with Crippen LogP contribution in [0.15, 0.2) is 42.6 Å². The second-order valence-corrected chi connectivity index (χ2v) is 5.99. The van der Waals surface area contributed by atoms with Gasteiger partial charge in [-0.05, 0) is 61.1 Å². The molecule has 1 amide bonds. The zero-order valence-electron chi connectivity index (χ0n) is 13.1. The van der Waals surface area contributed by atoms with Crippen molar-refractivity contribution in [1.82, 2.24) is 4.98 Å². The van der Waals surface area contributed by atoms with Crippen molar-refractivity contribution in [2.24, 2.45) is 0 Å². The summed E-state index contributed by atoms with van der Waals surface area (Å²) in [5.74, 6) is 0.624. The number of anilines is 1. The van der Waals surface area contributed by atoms with E-state index in [0.29, 0.717) is 12.2 Å². The third kappa shape index (κ3) is 3.22. The Morgan fingerprint density at radius 3 is 2.70 bits per heavy atom. The molecule has 1 aromatic heterocycles. The van der Waals surface area contributed by atoms with Crippen molar-refractivity contribution < 1.29 is 9.53 Å². The second kappa shape index (κ2) is 6.43. The lowest BCUT2D eigenvalue weighted by atomic mass is 10.1. The first-order valence-corrected chi connectivity index (χ1v) is 8.07. The topological polar surface area (TPSA) is 54.1 Å². The molecule has 2 aromatic carbocycles. The van der Waals surface area contributed by atoms with E-state index in [1.165, 1.54) is 5.56 Å². The number of H-pyrrole nitrogens is 1. The number of aromatic nitrogens is 1. The van der Waals surface area contributed by atoms with E-state index in [4.69, 9.17) is 4.74 Å². The Balaban J connectivity index is 1.84. The van der Waals surface area contributed by atoms with Gasteiger partial charge >= 0.3 is 0 Å². The third-order valence-corrected chi connectivity index (χ3v) is 4.37. The first-order valence-electron chi connectivity index (χ1n) is 7.50. The van der Waals surface area contributed by atoms with Crippen LogP contribution in [0.4, 0.5) is 5.69 Å². The fourth-order valence-electron chi connectivity index (χ4n) is 2.46. The quantitative estimate of drug-likeness (QED) is 0.719. The largest absolute Gasteiger partial charge is 0.494 e. The number of ether oxygens (including phenoxy) is 1. The minimum atomic E-state index is -0.139. The molecule has 0 saturated carbocycles. The minimum absolute atomic E-state index is 0.139. The van der Waals surface area contributed by atoms with E-state index in [9.17, 15) is 4.79 Å². The van der Waals surface area contributed by atoms with Crippen LogP contribution in [0.25, 0.3) is 10.9 Å². The lowest BCUT2D eigenvalue weighted by Crippen LogP contribution is -2.11. The smallest absolute Gasteiger partial charge is 0.255 e. The van der Waals surface area contributed by atoms with Gasteiger partial charge in [0.05, 0.1) is 12.3 Å². The zero-order chi connectivity index (χ0) is 16.4. The summed E-state index contributed by atoms with van der Waals surface area (Å²) < 4.78 is 5.39. The zero-order valence-corrected chi connectivity index (χ0v) is 14.3. The third-order valence-electron chi connectivity index (χ3n) is 3.74. The van der Waals surface area contributed by atoms with Gasteiger partial charge in [0.25, 0.3) is 5.91 Å². The van der Waals surface area contributed by atoms with Gasteiger partial charge in [0.1, 0.15) is 5.75 Å². The molecule has 0 aliphatic carbocycles. The SMILES string of the molecule is CCOc1ccc(C(=O)Nc2c[nH]c3cc(C)c(P)cc23)cc1. The number of carbonyl (C=O) groups is 1. The molecule has 0 spiro atoms. The summed E-state index contributed by atoms with van der Waals surface area (Å²) >= 11 is 0. The van der Waals surface area contributed by atoms with E-state index in [-0.39, 0.29) is 5.91 Å². The summed E-state index contributed by atoms with van der Waals surface area (Å²) in [7, 11) is 2.72. The van der Waals surface area contributed by atoms with Crippen LogP contribution in [0.3, 0.4) is 0 Å². The molecular formula is C18H19N2O2P. The van der Waals surface area contributed by atoms with Gasteiger partial charge in [-0.1, -0.05) is 0 Å². The Morgan fingerprint density at radius 1 is 1.26 bits per heavy atom. The number of rotatable bonds is 4. The molecule has 0 aliphatic heterocycles. The van der Waals surface area contributed by atoms with E-state index >= 15 is 0 Å². The van der Waals surface area contributed by atoms with Gasteiger partial charge < -0.3 is 15.0 Å². The molecule has 23 heavy (non-hydrogen) atoms. The molecule has 0 saturated heterocycles. The monoisotopic (exact) mass is 326 g/mol. The molecule has 1 atom stereocenters. The van der Waals surface area contributed by atoms with Crippen LogP contribution in [-0.4, -0.2) is 17.5 Å². The lowest BCUT2D eigenvalue weighted by molar-refractivity contribution is 0.102. The van der Waals surface area contributed by atoms with Gasteiger partial charge in [-0.2, -0.15) is 0 Å². The maximum Gasteiger partial charge on any atom is 0.255 e. The van der Waals surface area contributed by atoms with Gasteiger partial charge in [-0.15, -0.1) is 9.24 Å². The van der Waals surface area contributed by atoms with Crippen molar-refractivity contribution in [2.45, 2.75) is 13.8 Å². The number of benzene rings is 2. The summed E-state index contributed by atoms with van der Waals surface area (Å²) in [6, 6.07) is 11.3. The average molecular weight is 326 g/mol. The van der Waals surface area contributed by atoms with Crippen molar-refractivity contribution in [2.75, 3.05) is 11.9 Å². The van der Waals surface area contributed by atoms with E-state index in [0.717, 1.165) is 27.6 Å². The lowest BCUT2D eigenvalue weighted by Gasteiger charge is -2.07. The Bertz CT molecular complexity index is 853. The van der Waals surface area contributed by atoms with Gasteiger partial charge in [-0.25, -0.2) is 0 Å². The molecule has 0 fully saturated rings. The number of amides is 1. The van der Waals surface area contributed by atoms with Gasteiger partial charge in [0.15, 0.2) is 0 Å². The highest BCUT2D eigenvalue weighted by atomic mass is 31.0. The standard InChI is InChI=1S/C18H19N2O2P/c1-3-22-13-6-4-12(5-7-13)18(21)20-16-10-19-15-8-11(2)17(23)9-14(15)16/h4-10,19H,3,23H2,1-2H3,(H,20,21). The van der Waals surface area contributed by atoms with Crippen LogP contribution in [-0.2, 0) is 0 Å². The van der Waals surface area contributed by atoms with Crippen LogP contribution < -0.4 is 15.4 Å². The number of carbonyl (C=O) groups excluding carboxylic acids is 1. The number of aromatic amines is 1. The van der Waals surface area contributed by atoms with Crippen molar-refractivity contribution >= 4 is 37.0 Å². The molecule has 1 unspecified atom stereocenters. The van der Waals surface area contributed by atoms with E-state index < -0.39 is 0 Å². The molecular weight excluding hydrogens is 307 g/mol. The fourth-order valence-corrected chi connectivity index (χ4v) is 2.71. The number of fused-ring (bicyclic) bond motifs is 1. The van der Waals surface area contributed by atoms with Crippen LogP contribution in [0.1, 0.15) is 22.8 Å². The van der Waals surface area contributed by atoms with Crippen molar-refractivity contribution in [1.29, 1.82) is 0 Å². The Morgan fingerprint density at radius 2 is 2.00 bits per heavy atom. The van der Waals surface area contributed by atoms with Gasteiger partial charge in [0.2, 0.25) is 0 Å². The highest BCUT2D eigenvalue weighted by Crippen LogP contribution is 2.24. The van der Waals surface area contributed by atoms with E-state index in [1.54, 1.807) is 24.3 Å². The van der Waals surface area contributed by atoms with Crippen LogP contribution in [0, 0.1) is 6.92 Å². The summed E-state index contributed by atoms with van der Waals surface area (Å²) in [4.78, 5) is 15.6. The first kappa shape index (κ1) is 15.6. The maximum atomic E-state index is 12.4. The Hall–Kier alpha value is -2.32. The normalized spacial score (nSPS) is 10.7. The molecule has 118 valence electrons. The second-order valence-electron chi connectivity index (χ2n) is 5.37. The molecule has 0 aliphatic rings. The van der Waals surface area contributed by atoms with Crippen molar-refractivity contribution in [3.8, 4) is 5.75 Å². The average Bonchev–Trinajstić information content (AvgIpc) is 2.91. The molecule has 0 bridgehead atoms. The van der Waals surface area contributed by atoms with Crippen LogP contribution in [0.2, 0.25) is 0 Å². The van der Waals surface area contributed by atoms with Crippen LogP contribution in [0.5, 0.6) is 5.75 Å². The van der Waals surface area contributed by atoms with Gasteiger partial charge in [0, 0.05) is 22.7 Å². The Kier molecular flexibility index (Phi) is 4.35. The maximum absolute atomic E-state index is 12.4. The predicted octanol–water partition coefficient (Wildman–Crippen LogP) is 3.63. The molecule has 2 N–H and O–H groups in total. The highest BCUT2D eigenvalue weighted by molar-refractivity contribution is 7.27. The molecule has 3 aromatic rings. The van der Waals surface area contributed by atoms with Crippen LogP contribution >= 0.6 is 9.24 Å². The van der Waals surface area contributed by atoms with Gasteiger partial charge in [-0.3, -0.25) is 4.79 Å². The number of hydrogen-bond donors (Lipinski definition) is 2. The summed E-state index contributed by atoms with van der Waals surface area (Å²) in [6.07, 6.45) is 1.82. The first-order chi connectivity index (χ1) is 11.1. The predicted molar refractivity (Wildman–Crippen MR) is 97.9 cm³/mol. The fraction of sp³-hybridized carbons (Fsp3) is 0.167. The summed E-state index contributed by atoms with van der Waals surface area (Å²) in [5.41, 5.74) is 3.58. The minimum Gasteiger partial charge on any atom is -0.494 e. The Labute approximate surface area is 137 Å². The van der Waals surface area contributed by atoms with Crippen molar-refractivity contribution in [3.63, 3.8) is 0 Å². The number of aryl methyl sites for hydroxylation is 1. The van der Waals surface area contributed by atoms with E-state index in [2.05, 4.69) is 38.6 Å². The molecule has 1 heterocycles. The summed E-state index contributed by atoms with van der Waals surface area (Å²) in [6.45, 7) is 4.60. The molecule has 4 nitrogen and oxygen atoms in total. The molecule has 5 heteroatoms. The molecule has 0 radical (unpaired) electrons. The summed E-state index contributed by atoms with van der Waals surface area (Å²) in [5, 5.41) is 5.08. The van der Waals surface area contributed by atoms with Crippen molar-refractivity contribution in [3.05, 3.63) is 53.7 Å².